The molecule has 0 saturated carbocycles. The normalized spacial score (nSPS) is 10.6. The second-order valence-corrected chi connectivity index (χ2v) is 3.02. The Hall–Kier alpha value is -1.24. The number of benzene rings is 1. The molecule has 0 aliphatic carbocycles. The molecule has 13 heavy (non-hydrogen) atoms. The maximum Gasteiger partial charge on any atom is 0.0845 e. The van der Waals surface area contributed by atoms with Crippen molar-refractivity contribution in [2.24, 2.45) is 0 Å². The minimum Gasteiger partial charge on any atom is -0.502 e. The van der Waals surface area contributed by atoms with Crippen LogP contribution in [-0.2, 0) is 11.2 Å². The summed E-state index contributed by atoms with van der Waals surface area (Å²) in [6.07, 6.45) is 4.74. The van der Waals surface area contributed by atoms with Gasteiger partial charge < -0.3 is 4.74 Å². The van der Waals surface area contributed by atoms with Gasteiger partial charge in [0.2, 0.25) is 0 Å². The zero-order valence-electron chi connectivity index (χ0n) is 8.29. The molecular formula is C12H16O. The minimum absolute atomic E-state index is 0.740. The number of aryl methyl sites for hydroxylation is 1. The molecule has 0 radical (unpaired) electrons. The molecule has 0 fully saturated rings. The van der Waals surface area contributed by atoms with Gasteiger partial charge in [0.05, 0.1) is 12.9 Å². The van der Waals surface area contributed by atoms with Crippen LogP contribution in [0, 0.1) is 6.92 Å². The molecule has 0 aliphatic rings. The van der Waals surface area contributed by atoms with E-state index in [1.807, 2.05) is 13.0 Å². The van der Waals surface area contributed by atoms with Gasteiger partial charge in [0.25, 0.3) is 0 Å². The Kier molecular flexibility index (Phi) is 4.10. The molecule has 1 nitrogen and oxygen atoms in total. The van der Waals surface area contributed by atoms with Crippen molar-refractivity contribution in [2.45, 2.75) is 20.3 Å². The first-order valence-corrected chi connectivity index (χ1v) is 4.65. The van der Waals surface area contributed by atoms with Crippen molar-refractivity contribution in [1.82, 2.24) is 0 Å². The van der Waals surface area contributed by atoms with Crippen molar-refractivity contribution in [2.75, 3.05) is 6.61 Å². The minimum atomic E-state index is 0.740. The molecule has 70 valence electrons. The van der Waals surface area contributed by atoms with Crippen LogP contribution in [0.3, 0.4) is 0 Å². The molecule has 0 aromatic heterocycles. The summed E-state index contributed by atoms with van der Waals surface area (Å²) in [7, 11) is 0. The van der Waals surface area contributed by atoms with Gasteiger partial charge >= 0.3 is 0 Å². The van der Waals surface area contributed by atoms with Crippen molar-refractivity contribution in [3.05, 3.63) is 47.7 Å². The first-order valence-electron chi connectivity index (χ1n) is 4.65. The molecule has 0 unspecified atom stereocenters. The molecule has 1 aromatic rings. The lowest BCUT2D eigenvalue weighted by Crippen LogP contribution is -1.82. The summed E-state index contributed by atoms with van der Waals surface area (Å²) in [5.74, 6) is 0. The summed E-state index contributed by atoms with van der Waals surface area (Å²) >= 11 is 0. The van der Waals surface area contributed by atoms with Gasteiger partial charge in [-0.2, -0.15) is 0 Å². The van der Waals surface area contributed by atoms with E-state index in [4.69, 9.17) is 4.74 Å². The molecule has 1 aromatic carbocycles. The van der Waals surface area contributed by atoms with Gasteiger partial charge in [-0.25, -0.2) is 0 Å². The number of hydrogen-bond acceptors (Lipinski definition) is 1. The molecule has 0 atom stereocenters. The molecule has 0 saturated heterocycles. The Morgan fingerprint density at radius 2 is 1.92 bits per heavy atom. The molecule has 0 N–H and O–H groups in total. The highest BCUT2D eigenvalue weighted by atomic mass is 16.5. The number of rotatable bonds is 4. The van der Waals surface area contributed by atoms with E-state index in [0.29, 0.717) is 0 Å². The highest BCUT2D eigenvalue weighted by molar-refractivity contribution is 5.22. The van der Waals surface area contributed by atoms with Crippen LogP contribution in [0.15, 0.2) is 36.6 Å². The van der Waals surface area contributed by atoms with E-state index in [2.05, 4.69) is 31.2 Å². The van der Waals surface area contributed by atoms with E-state index in [-0.39, 0.29) is 0 Å². The Labute approximate surface area is 80.0 Å². The Bertz CT molecular complexity index is 259. The van der Waals surface area contributed by atoms with Crippen molar-refractivity contribution in [1.29, 1.82) is 0 Å². The van der Waals surface area contributed by atoms with Gasteiger partial charge in [0.1, 0.15) is 0 Å². The molecule has 1 rings (SSSR count). The van der Waals surface area contributed by atoms with E-state index >= 15 is 0 Å². The van der Waals surface area contributed by atoms with Crippen LogP contribution in [0.2, 0.25) is 0 Å². The van der Waals surface area contributed by atoms with Gasteiger partial charge in [-0.15, -0.1) is 0 Å². The molecule has 0 aliphatic heterocycles. The molecule has 0 spiro atoms. The van der Waals surface area contributed by atoms with Crippen molar-refractivity contribution in [3.8, 4) is 0 Å². The van der Waals surface area contributed by atoms with Crippen LogP contribution in [0.4, 0.5) is 0 Å². The van der Waals surface area contributed by atoms with Crippen LogP contribution < -0.4 is 0 Å². The highest BCUT2D eigenvalue weighted by Crippen LogP contribution is 2.04. The predicted molar refractivity (Wildman–Crippen MR) is 55.6 cm³/mol. The summed E-state index contributed by atoms with van der Waals surface area (Å²) in [6, 6.07) is 8.55. The largest absolute Gasteiger partial charge is 0.502 e. The highest BCUT2D eigenvalue weighted by Gasteiger charge is 1.87. The van der Waals surface area contributed by atoms with Crippen molar-refractivity contribution < 1.29 is 4.74 Å². The Morgan fingerprint density at radius 3 is 2.54 bits per heavy atom. The van der Waals surface area contributed by atoms with Crippen LogP contribution in [-0.4, -0.2) is 6.61 Å². The third-order valence-corrected chi connectivity index (χ3v) is 1.83. The zero-order valence-corrected chi connectivity index (χ0v) is 8.29. The fourth-order valence-electron chi connectivity index (χ4n) is 1.07. The van der Waals surface area contributed by atoms with Gasteiger partial charge in [-0.05, 0) is 31.9 Å². The Morgan fingerprint density at radius 1 is 1.23 bits per heavy atom. The zero-order chi connectivity index (χ0) is 9.52. The summed E-state index contributed by atoms with van der Waals surface area (Å²) in [5, 5.41) is 0. The van der Waals surface area contributed by atoms with Crippen LogP contribution in [0.1, 0.15) is 18.1 Å². The lowest BCUT2D eigenvalue weighted by molar-refractivity contribution is 0.268. The summed E-state index contributed by atoms with van der Waals surface area (Å²) in [6.45, 7) is 4.82. The monoisotopic (exact) mass is 176 g/mol. The van der Waals surface area contributed by atoms with Crippen molar-refractivity contribution >= 4 is 0 Å². The average Bonchev–Trinajstić information content (AvgIpc) is 2.15. The number of ether oxygens (including phenoxy) is 1. The maximum atomic E-state index is 5.10. The first kappa shape index (κ1) is 9.85. The van der Waals surface area contributed by atoms with Crippen LogP contribution in [0.5, 0.6) is 0 Å². The lowest BCUT2D eigenvalue weighted by atomic mass is 10.1. The topological polar surface area (TPSA) is 9.23 Å². The molecule has 0 amide bonds. The molecule has 0 heterocycles. The third kappa shape index (κ3) is 3.79. The van der Waals surface area contributed by atoms with Crippen LogP contribution in [0.25, 0.3) is 0 Å². The Balaban J connectivity index is 2.41. The van der Waals surface area contributed by atoms with E-state index in [0.717, 1.165) is 13.0 Å². The standard InChI is InChI=1S/C12H16O/c1-3-13-10-4-5-12-8-6-11(2)7-9-12/h4,6-10H,3,5H2,1-2H3/b10-4+. The average molecular weight is 176 g/mol. The summed E-state index contributed by atoms with van der Waals surface area (Å²) in [4.78, 5) is 0. The SMILES string of the molecule is CCO/C=C/Cc1ccc(C)cc1. The number of hydrogen-bond donors (Lipinski definition) is 0. The van der Waals surface area contributed by atoms with E-state index in [9.17, 15) is 0 Å². The third-order valence-electron chi connectivity index (χ3n) is 1.83. The fourth-order valence-corrected chi connectivity index (χ4v) is 1.07. The molecular weight excluding hydrogens is 160 g/mol. The van der Waals surface area contributed by atoms with E-state index < -0.39 is 0 Å². The maximum absolute atomic E-state index is 5.10. The lowest BCUT2D eigenvalue weighted by Gasteiger charge is -1.97. The van der Waals surface area contributed by atoms with Gasteiger partial charge in [-0.3, -0.25) is 0 Å². The summed E-state index contributed by atoms with van der Waals surface area (Å²) < 4.78 is 5.10. The van der Waals surface area contributed by atoms with Crippen molar-refractivity contribution in [3.63, 3.8) is 0 Å². The van der Waals surface area contributed by atoms with E-state index in [1.54, 1.807) is 6.26 Å². The predicted octanol–water partition coefficient (Wildman–Crippen LogP) is 3.09. The fraction of sp³-hybridized carbons (Fsp3) is 0.333. The first-order chi connectivity index (χ1) is 6.33. The smallest absolute Gasteiger partial charge is 0.0845 e. The van der Waals surface area contributed by atoms with Crippen LogP contribution >= 0.6 is 0 Å². The molecule has 1 heteroatoms. The second-order valence-electron chi connectivity index (χ2n) is 3.02. The van der Waals surface area contributed by atoms with Gasteiger partial charge in [0, 0.05) is 0 Å². The van der Waals surface area contributed by atoms with Gasteiger partial charge in [-0.1, -0.05) is 29.8 Å². The summed E-state index contributed by atoms with van der Waals surface area (Å²) in [5.41, 5.74) is 2.62. The number of allylic oxidation sites excluding steroid dienone is 1. The quantitative estimate of drug-likeness (QED) is 0.640. The van der Waals surface area contributed by atoms with E-state index in [1.165, 1.54) is 11.1 Å². The second kappa shape index (κ2) is 5.41. The molecule has 0 bridgehead atoms. The van der Waals surface area contributed by atoms with Gasteiger partial charge in [0.15, 0.2) is 0 Å².